The van der Waals surface area contributed by atoms with Crippen LogP contribution >= 0.6 is 15.9 Å². The minimum Gasteiger partial charge on any atom is -0.398 e. The Kier molecular flexibility index (Phi) is 4.29. The fourth-order valence-electron chi connectivity index (χ4n) is 1.31. The first-order valence-corrected chi connectivity index (χ1v) is 5.57. The highest BCUT2D eigenvalue weighted by Crippen LogP contribution is 2.21. The Morgan fingerprint density at radius 3 is 2.69 bits per heavy atom. The van der Waals surface area contributed by atoms with E-state index in [9.17, 15) is 0 Å². The van der Waals surface area contributed by atoms with Gasteiger partial charge in [0.15, 0.2) is 0 Å². The van der Waals surface area contributed by atoms with Gasteiger partial charge in [0.05, 0.1) is 0 Å². The summed E-state index contributed by atoms with van der Waals surface area (Å²) in [6.07, 6.45) is 5.01. The van der Waals surface area contributed by atoms with Crippen molar-refractivity contribution >= 4 is 21.6 Å². The van der Waals surface area contributed by atoms with Crippen LogP contribution in [0.4, 0.5) is 5.69 Å². The van der Waals surface area contributed by atoms with Crippen molar-refractivity contribution in [2.24, 2.45) is 0 Å². The zero-order chi connectivity index (χ0) is 9.68. The molecule has 0 fully saturated rings. The van der Waals surface area contributed by atoms with E-state index in [1.54, 1.807) is 0 Å². The Bertz CT molecular complexity index is 271. The van der Waals surface area contributed by atoms with Crippen LogP contribution in [0.15, 0.2) is 22.7 Å². The standard InChI is InChI=1S/C11H16BrN/c1-2-3-4-5-9-6-7-11(13)10(12)8-9/h6-8H,2-5,13H2,1H3. The summed E-state index contributed by atoms with van der Waals surface area (Å²) >= 11 is 3.43. The molecule has 2 N–H and O–H groups in total. The van der Waals surface area contributed by atoms with E-state index in [4.69, 9.17) is 5.73 Å². The topological polar surface area (TPSA) is 26.0 Å². The van der Waals surface area contributed by atoms with Gasteiger partial charge in [-0.15, -0.1) is 0 Å². The molecule has 13 heavy (non-hydrogen) atoms. The van der Waals surface area contributed by atoms with E-state index < -0.39 is 0 Å². The van der Waals surface area contributed by atoms with Crippen molar-refractivity contribution in [1.82, 2.24) is 0 Å². The first kappa shape index (κ1) is 10.6. The van der Waals surface area contributed by atoms with Gasteiger partial charge in [0.1, 0.15) is 0 Å². The van der Waals surface area contributed by atoms with Crippen molar-refractivity contribution < 1.29 is 0 Å². The van der Waals surface area contributed by atoms with Gasteiger partial charge in [-0.3, -0.25) is 0 Å². The molecule has 72 valence electrons. The van der Waals surface area contributed by atoms with Crippen LogP contribution in [0.3, 0.4) is 0 Å². The van der Waals surface area contributed by atoms with E-state index >= 15 is 0 Å². The highest BCUT2D eigenvalue weighted by molar-refractivity contribution is 9.10. The predicted octanol–water partition coefficient (Wildman–Crippen LogP) is 3.76. The molecule has 0 spiro atoms. The summed E-state index contributed by atoms with van der Waals surface area (Å²) in [5, 5.41) is 0. The third-order valence-corrected chi connectivity index (χ3v) is 2.82. The molecule has 0 bridgehead atoms. The summed E-state index contributed by atoms with van der Waals surface area (Å²) in [5.74, 6) is 0. The quantitative estimate of drug-likeness (QED) is 0.631. The van der Waals surface area contributed by atoms with Crippen LogP contribution in [-0.4, -0.2) is 0 Å². The fourth-order valence-corrected chi connectivity index (χ4v) is 1.73. The summed E-state index contributed by atoms with van der Waals surface area (Å²) in [4.78, 5) is 0. The smallest absolute Gasteiger partial charge is 0.0458 e. The lowest BCUT2D eigenvalue weighted by atomic mass is 10.1. The number of hydrogen-bond acceptors (Lipinski definition) is 1. The molecule has 0 saturated heterocycles. The zero-order valence-electron chi connectivity index (χ0n) is 8.02. The molecule has 0 heterocycles. The number of nitrogen functional groups attached to an aromatic ring is 1. The first-order chi connectivity index (χ1) is 6.24. The lowest BCUT2D eigenvalue weighted by Crippen LogP contribution is -1.90. The van der Waals surface area contributed by atoms with Gasteiger partial charge in [0.25, 0.3) is 0 Å². The average Bonchev–Trinajstić information content (AvgIpc) is 2.12. The molecule has 0 aliphatic carbocycles. The van der Waals surface area contributed by atoms with Crippen molar-refractivity contribution in [3.8, 4) is 0 Å². The molecule has 0 aliphatic heterocycles. The second kappa shape index (κ2) is 5.28. The Balaban J connectivity index is 2.53. The van der Waals surface area contributed by atoms with E-state index in [0.717, 1.165) is 16.6 Å². The Labute approximate surface area is 88.5 Å². The van der Waals surface area contributed by atoms with Gasteiger partial charge in [0, 0.05) is 10.2 Å². The molecule has 0 aromatic heterocycles. The molecule has 0 radical (unpaired) electrons. The molecule has 0 unspecified atom stereocenters. The minimum absolute atomic E-state index is 0.819. The van der Waals surface area contributed by atoms with E-state index in [0.29, 0.717) is 0 Å². The van der Waals surface area contributed by atoms with Gasteiger partial charge in [-0.25, -0.2) is 0 Å². The van der Waals surface area contributed by atoms with Crippen LogP contribution in [0, 0.1) is 0 Å². The van der Waals surface area contributed by atoms with Crippen LogP contribution in [0.5, 0.6) is 0 Å². The Morgan fingerprint density at radius 2 is 2.08 bits per heavy atom. The largest absolute Gasteiger partial charge is 0.398 e. The van der Waals surface area contributed by atoms with Crippen LogP contribution < -0.4 is 5.73 Å². The highest BCUT2D eigenvalue weighted by atomic mass is 79.9. The first-order valence-electron chi connectivity index (χ1n) is 4.78. The summed E-state index contributed by atoms with van der Waals surface area (Å²) in [6.45, 7) is 2.22. The van der Waals surface area contributed by atoms with Crippen LogP contribution in [0.1, 0.15) is 31.7 Å². The van der Waals surface area contributed by atoms with Gasteiger partial charge >= 0.3 is 0 Å². The normalized spacial score (nSPS) is 10.3. The maximum absolute atomic E-state index is 5.70. The van der Waals surface area contributed by atoms with Gasteiger partial charge in [-0.2, -0.15) is 0 Å². The molecular formula is C11H16BrN. The van der Waals surface area contributed by atoms with E-state index in [2.05, 4.69) is 35.0 Å². The molecule has 1 aromatic carbocycles. The molecule has 0 atom stereocenters. The molecule has 1 nitrogen and oxygen atoms in total. The molecular weight excluding hydrogens is 226 g/mol. The number of anilines is 1. The van der Waals surface area contributed by atoms with Gasteiger partial charge in [-0.1, -0.05) is 25.8 Å². The van der Waals surface area contributed by atoms with Crippen LogP contribution in [0.25, 0.3) is 0 Å². The maximum Gasteiger partial charge on any atom is 0.0458 e. The minimum atomic E-state index is 0.819. The third kappa shape index (κ3) is 3.39. The number of halogens is 1. The number of hydrogen-bond donors (Lipinski definition) is 1. The second-order valence-electron chi connectivity index (χ2n) is 3.31. The van der Waals surface area contributed by atoms with Crippen molar-refractivity contribution in [2.45, 2.75) is 32.6 Å². The number of unbranched alkanes of at least 4 members (excludes halogenated alkanes) is 2. The van der Waals surface area contributed by atoms with Gasteiger partial charge in [0.2, 0.25) is 0 Å². The van der Waals surface area contributed by atoms with Gasteiger partial charge in [-0.05, 0) is 46.5 Å². The van der Waals surface area contributed by atoms with Crippen LogP contribution in [-0.2, 0) is 6.42 Å². The Morgan fingerprint density at radius 1 is 1.31 bits per heavy atom. The highest BCUT2D eigenvalue weighted by Gasteiger charge is 1.97. The Hall–Kier alpha value is -0.500. The van der Waals surface area contributed by atoms with Crippen molar-refractivity contribution in [2.75, 3.05) is 5.73 Å². The van der Waals surface area contributed by atoms with E-state index in [1.165, 1.54) is 24.8 Å². The monoisotopic (exact) mass is 241 g/mol. The van der Waals surface area contributed by atoms with E-state index in [1.807, 2.05) is 6.07 Å². The van der Waals surface area contributed by atoms with Gasteiger partial charge < -0.3 is 5.73 Å². The lowest BCUT2D eigenvalue weighted by molar-refractivity contribution is 0.717. The lowest BCUT2D eigenvalue weighted by Gasteiger charge is -2.03. The summed E-state index contributed by atoms with van der Waals surface area (Å²) < 4.78 is 1.02. The fraction of sp³-hybridized carbons (Fsp3) is 0.455. The zero-order valence-corrected chi connectivity index (χ0v) is 9.60. The molecule has 0 amide bonds. The number of nitrogens with two attached hydrogens (primary N) is 1. The molecule has 1 rings (SSSR count). The summed E-state index contributed by atoms with van der Waals surface area (Å²) in [7, 11) is 0. The molecule has 1 aromatic rings. The number of benzene rings is 1. The maximum atomic E-state index is 5.70. The third-order valence-electron chi connectivity index (χ3n) is 2.13. The second-order valence-corrected chi connectivity index (χ2v) is 4.17. The summed E-state index contributed by atoms with van der Waals surface area (Å²) in [6, 6.07) is 6.19. The van der Waals surface area contributed by atoms with Crippen molar-refractivity contribution in [3.05, 3.63) is 28.2 Å². The number of aryl methyl sites for hydroxylation is 1. The van der Waals surface area contributed by atoms with Crippen LogP contribution in [0.2, 0.25) is 0 Å². The number of rotatable bonds is 4. The molecule has 0 aliphatic rings. The predicted molar refractivity (Wildman–Crippen MR) is 61.8 cm³/mol. The van der Waals surface area contributed by atoms with Crippen molar-refractivity contribution in [3.63, 3.8) is 0 Å². The van der Waals surface area contributed by atoms with Crippen molar-refractivity contribution in [1.29, 1.82) is 0 Å². The van der Waals surface area contributed by atoms with E-state index in [-0.39, 0.29) is 0 Å². The average molecular weight is 242 g/mol. The SMILES string of the molecule is CCCCCc1ccc(N)c(Br)c1. The summed E-state index contributed by atoms with van der Waals surface area (Å²) in [5.41, 5.74) is 7.89. The molecule has 2 heteroatoms. The molecule has 0 saturated carbocycles.